The molecule has 2 aromatic heterocycles. The number of piperidine rings is 1. The van der Waals surface area contributed by atoms with Crippen LogP contribution in [0, 0.1) is 0 Å². The number of aromatic nitrogens is 1. The van der Waals surface area contributed by atoms with Crippen molar-refractivity contribution < 1.29 is 22.8 Å². The molecule has 0 unspecified atom stereocenters. The van der Waals surface area contributed by atoms with Crippen molar-refractivity contribution in [3.05, 3.63) is 88.8 Å². The number of pyridine rings is 1. The number of nitrogens with one attached hydrogen (secondary N) is 1. The smallest absolute Gasteiger partial charge is 0.253 e. The molecule has 2 amide bonds. The normalized spacial score (nSPS) is 15.1. The second-order valence-electron chi connectivity index (χ2n) is 9.38. The maximum absolute atomic E-state index is 13.4. The Labute approximate surface area is 228 Å². The fourth-order valence-corrected chi connectivity index (χ4v) is 4.63. The van der Waals surface area contributed by atoms with E-state index in [2.05, 4.69) is 10.3 Å². The zero-order chi connectivity index (χ0) is 27.6. The first-order chi connectivity index (χ1) is 18.7. The molecule has 5 rings (SSSR count). The molecule has 1 aliphatic heterocycles. The summed E-state index contributed by atoms with van der Waals surface area (Å²) in [5, 5.41) is 3.94. The van der Waals surface area contributed by atoms with Crippen LogP contribution in [-0.2, 0) is 11.3 Å². The number of nitrogens with two attached hydrogens (primary N) is 1. The second-order valence-corrected chi connectivity index (χ2v) is 9.79. The van der Waals surface area contributed by atoms with Gasteiger partial charge in [-0.25, -0.2) is 13.8 Å². The molecule has 200 valence electrons. The van der Waals surface area contributed by atoms with E-state index in [-0.39, 0.29) is 44.3 Å². The Morgan fingerprint density at radius 2 is 1.82 bits per heavy atom. The number of hydrogen-bond acceptors (Lipinski definition) is 5. The minimum Gasteiger partial charge on any atom is -0.458 e. The molecule has 0 atom stereocenters. The Balaban J connectivity index is 1.24. The van der Waals surface area contributed by atoms with Crippen LogP contribution in [-0.4, -0.2) is 40.7 Å². The number of fused-ring (bicyclic) bond motifs is 1. The lowest BCUT2D eigenvalue weighted by Gasteiger charge is -2.31. The lowest BCUT2D eigenvalue weighted by Crippen LogP contribution is -2.42. The van der Waals surface area contributed by atoms with Crippen LogP contribution < -0.4 is 11.1 Å². The van der Waals surface area contributed by atoms with Crippen molar-refractivity contribution in [3.63, 3.8) is 0 Å². The average molecular weight is 551 g/mol. The molecule has 1 aliphatic rings. The lowest BCUT2D eigenvalue weighted by molar-refractivity contribution is -0.116. The molecule has 7 nitrogen and oxygen atoms in total. The van der Waals surface area contributed by atoms with Crippen molar-refractivity contribution in [2.24, 2.45) is 0 Å². The quantitative estimate of drug-likeness (QED) is 0.290. The van der Waals surface area contributed by atoms with Crippen molar-refractivity contribution in [2.75, 3.05) is 18.8 Å². The Hall–Kier alpha value is -4.24. The van der Waals surface area contributed by atoms with Crippen LogP contribution >= 0.6 is 11.6 Å². The number of nitrogens with zero attached hydrogens (tertiary/aromatic N) is 2. The highest BCUT2D eigenvalue weighted by Gasteiger charge is 2.35. The number of amides is 2. The summed E-state index contributed by atoms with van der Waals surface area (Å²) in [6.45, 7) is 0.252. The molecular weight excluding hydrogens is 526 g/mol. The van der Waals surface area contributed by atoms with Crippen LogP contribution in [0.2, 0.25) is 5.02 Å². The van der Waals surface area contributed by atoms with Gasteiger partial charge < -0.3 is 20.4 Å². The monoisotopic (exact) mass is 550 g/mol. The van der Waals surface area contributed by atoms with E-state index in [1.54, 1.807) is 54.7 Å². The zero-order valence-electron chi connectivity index (χ0n) is 20.8. The molecule has 0 aliphatic carbocycles. The summed E-state index contributed by atoms with van der Waals surface area (Å²) in [6, 6.07) is 15.9. The van der Waals surface area contributed by atoms with Gasteiger partial charge in [-0.3, -0.25) is 9.59 Å². The Bertz CT molecular complexity index is 1540. The summed E-state index contributed by atoms with van der Waals surface area (Å²) in [6.07, 6.45) is 3.97. The number of hydrogen-bond donors (Lipinski definition) is 2. The number of anilines is 1. The summed E-state index contributed by atoms with van der Waals surface area (Å²) >= 11 is 6.49. The number of likely N-dealkylation sites (tertiary alicyclic amines) is 1. The van der Waals surface area contributed by atoms with E-state index < -0.39 is 5.92 Å². The Morgan fingerprint density at radius 3 is 2.51 bits per heavy atom. The van der Waals surface area contributed by atoms with Crippen LogP contribution in [0.3, 0.4) is 0 Å². The van der Waals surface area contributed by atoms with Crippen molar-refractivity contribution in [3.8, 4) is 11.1 Å². The van der Waals surface area contributed by atoms with E-state index in [1.807, 2.05) is 12.1 Å². The first-order valence-electron chi connectivity index (χ1n) is 12.3. The molecule has 0 spiro atoms. The van der Waals surface area contributed by atoms with Gasteiger partial charge in [-0.1, -0.05) is 23.7 Å². The third kappa shape index (κ3) is 6.26. The molecule has 0 radical (unpaired) electrons. The minimum absolute atomic E-state index is 0.0412. The second kappa shape index (κ2) is 10.9. The van der Waals surface area contributed by atoms with Crippen LogP contribution in [0.15, 0.2) is 71.3 Å². The van der Waals surface area contributed by atoms with E-state index >= 15 is 0 Å². The summed E-state index contributed by atoms with van der Waals surface area (Å²) in [5.41, 5.74) is 8.91. The summed E-state index contributed by atoms with van der Waals surface area (Å²) in [7, 11) is 0. The predicted molar refractivity (Wildman–Crippen MR) is 146 cm³/mol. The number of halogens is 3. The summed E-state index contributed by atoms with van der Waals surface area (Å²) < 4.78 is 32.7. The van der Waals surface area contributed by atoms with Crippen molar-refractivity contribution >= 4 is 46.3 Å². The van der Waals surface area contributed by atoms with E-state index in [0.29, 0.717) is 27.7 Å². The molecule has 10 heteroatoms. The van der Waals surface area contributed by atoms with Gasteiger partial charge in [-0.2, -0.15) is 0 Å². The van der Waals surface area contributed by atoms with Crippen molar-refractivity contribution in [2.45, 2.75) is 25.3 Å². The molecule has 39 heavy (non-hydrogen) atoms. The highest BCUT2D eigenvalue weighted by atomic mass is 35.5. The largest absolute Gasteiger partial charge is 0.458 e. The van der Waals surface area contributed by atoms with Gasteiger partial charge in [0.1, 0.15) is 11.6 Å². The van der Waals surface area contributed by atoms with Gasteiger partial charge in [0, 0.05) is 49.2 Å². The molecule has 4 aromatic rings. The van der Waals surface area contributed by atoms with Gasteiger partial charge in [-0.05, 0) is 65.2 Å². The van der Waals surface area contributed by atoms with Gasteiger partial charge in [-0.15, -0.1) is 0 Å². The predicted octanol–water partition coefficient (Wildman–Crippen LogP) is 5.93. The fraction of sp³-hybridized carbons (Fsp3) is 0.207. The van der Waals surface area contributed by atoms with Crippen LogP contribution in [0.4, 0.5) is 14.6 Å². The number of benzene rings is 2. The van der Waals surface area contributed by atoms with Gasteiger partial charge in [0.15, 0.2) is 5.58 Å². The Kier molecular flexibility index (Phi) is 7.34. The average Bonchev–Trinajstić information content (AvgIpc) is 3.35. The number of furan rings is 1. The maximum atomic E-state index is 13.4. The maximum Gasteiger partial charge on any atom is 0.253 e. The van der Waals surface area contributed by atoms with E-state index in [9.17, 15) is 18.4 Å². The number of carbonyl (C=O) groups excluding carboxylic acids is 2. The van der Waals surface area contributed by atoms with Crippen LogP contribution in [0.5, 0.6) is 0 Å². The highest BCUT2D eigenvalue weighted by Crippen LogP contribution is 2.33. The van der Waals surface area contributed by atoms with Crippen LogP contribution in [0.1, 0.15) is 34.5 Å². The highest BCUT2D eigenvalue weighted by molar-refractivity contribution is 6.35. The van der Waals surface area contributed by atoms with Crippen molar-refractivity contribution in [1.82, 2.24) is 15.2 Å². The molecule has 0 bridgehead atoms. The van der Waals surface area contributed by atoms with Gasteiger partial charge in [0.05, 0.1) is 11.6 Å². The minimum atomic E-state index is -2.70. The first kappa shape index (κ1) is 26.4. The molecule has 3 heterocycles. The summed E-state index contributed by atoms with van der Waals surface area (Å²) in [4.78, 5) is 30.4. The third-order valence-electron chi connectivity index (χ3n) is 6.54. The molecule has 2 aromatic carbocycles. The van der Waals surface area contributed by atoms with Crippen LogP contribution in [0.25, 0.3) is 28.2 Å². The third-order valence-corrected chi connectivity index (χ3v) is 6.82. The SMILES string of the molecule is Nc1ccc(/C=C/C(=O)NCc2cc3cc(-c4ccc(C(=O)N5CCC(F)(F)CC5)cc4)cc(Cl)c3o2)cn1. The fourth-order valence-electron chi connectivity index (χ4n) is 4.36. The zero-order valence-corrected chi connectivity index (χ0v) is 21.6. The Morgan fingerprint density at radius 1 is 1.08 bits per heavy atom. The van der Waals surface area contributed by atoms with Gasteiger partial charge in [0.2, 0.25) is 5.91 Å². The van der Waals surface area contributed by atoms with E-state index in [0.717, 1.165) is 22.1 Å². The molecule has 1 saturated heterocycles. The number of alkyl halides is 2. The molecule has 3 N–H and O–H groups in total. The number of rotatable bonds is 6. The van der Waals surface area contributed by atoms with E-state index in [4.69, 9.17) is 21.8 Å². The lowest BCUT2D eigenvalue weighted by atomic mass is 10.0. The molecule has 1 fully saturated rings. The van der Waals surface area contributed by atoms with Gasteiger partial charge >= 0.3 is 0 Å². The number of carbonyl (C=O) groups is 2. The molecular formula is C29H25ClF2N4O3. The van der Waals surface area contributed by atoms with Crippen molar-refractivity contribution in [1.29, 1.82) is 0 Å². The summed E-state index contributed by atoms with van der Waals surface area (Å²) in [5.74, 6) is -2.32. The van der Waals surface area contributed by atoms with Gasteiger partial charge in [0.25, 0.3) is 11.8 Å². The molecule has 0 saturated carbocycles. The topological polar surface area (TPSA) is 101 Å². The first-order valence-corrected chi connectivity index (χ1v) is 12.7. The number of nitrogen functional groups attached to an aromatic ring is 1. The standard InChI is InChI=1S/C29H25ClF2N4O3/c30-24-15-21(19-3-5-20(6-4-19)28(38)36-11-9-29(31,32)10-12-36)13-22-14-23(39-27(22)24)17-35-26(37)8-2-18-1-7-25(33)34-16-18/h1-8,13-16H,9-12,17H2,(H2,33,34)(H,35,37)/b8-2+. The van der Waals surface area contributed by atoms with E-state index in [1.165, 1.54) is 11.0 Å².